The van der Waals surface area contributed by atoms with E-state index in [9.17, 15) is 4.79 Å². The third-order valence-corrected chi connectivity index (χ3v) is 5.66. The number of aromatic nitrogens is 4. The average molecular weight is 482 g/mol. The molecule has 0 spiro atoms. The first-order valence-electron chi connectivity index (χ1n) is 11.5. The lowest BCUT2D eigenvalue weighted by Crippen LogP contribution is -2.37. The van der Waals surface area contributed by atoms with Crippen LogP contribution in [-0.2, 0) is 11.8 Å². The number of ether oxygens (including phenoxy) is 3. The molecule has 35 heavy (non-hydrogen) atoms. The fourth-order valence-corrected chi connectivity index (χ4v) is 3.85. The Hall–Kier alpha value is -3.86. The van der Waals surface area contributed by atoms with Gasteiger partial charge >= 0.3 is 0 Å². The smallest absolute Gasteiger partial charge is 0.269 e. The number of nitrogens with one attached hydrogen (secondary N) is 2. The molecule has 1 aliphatic rings. The number of nitrogens with zero attached hydrogens (tertiary/aromatic N) is 5. The zero-order chi connectivity index (χ0) is 24.8. The zero-order valence-electron chi connectivity index (χ0n) is 20.5. The highest BCUT2D eigenvalue weighted by atomic mass is 16.5. The lowest BCUT2D eigenvalue weighted by atomic mass is 10.1. The Kier molecular flexibility index (Phi) is 7.66. The predicted molar refractivity (Wildman–Crippen MR) is 132 cm³/mol. The van der Waals surface area contributed by atoms with E-state index >= 15 is 0 Å². The van der Waals surface area contributed by atoms with Crippen LogP contribution in [0.4, 0.5) is 11.8 Å². The molecular formula is C24H31N7O4. The number of carbonyl (C=O) groups excluding carboxylic acids is 1. The maximum atomic E-state index is 12.8. The summed E-state index contributed by atoms with van der Waals surface area (Å²) in [6.07, 6.45) is 0. The molecule has 2 aromatic heterocycles. The summed E-state index contributed by atoms with van der Waals surface area (Å²) in [6, 6.07) is 9.16. The van der Waals surface area contributed by atoms with Crippen LogP contribution >= 0.6 is 0 Å². The molecular weight excluding hydrogens is 450 g/mol. The summed E-state index contributed by atoms with van der Waals surface area (Å²) in [5.74, 6) is 2.51. The van der Waals surface area contributed by atoms with Crippen molar-refractivity contribution in [3.05, 3.63) is 41.7 Å². The summed E-state index contributed by atoms with van der Waals surface area (Å²) in [5.41, 5.74) is 2.68. The SMILES string of the molecule is COc1ccc(OC)c(-c2cc(C(=O)NCCNc3nc(C)cc(N4CCOCC4)n3)n(C)n2)c1. The Morgan fingerprint density at radius 2 is 1.89 bits per heavy atom. The van der Waals surface area contributed by atoms with Gasteiger partial charge in [-0.05, 0) is 31.2 Å². The first-order chi connectivity index (χ1) is 17.0. The number of carbonyl (C=O) groups is 1. The van der Waals surface area contributed by atoms with E-state index in [2.05, 4.69) is 30.6 Å². The van der Waals surface area contributed by atoms with Crippen LogP contribution in [-0.4, -0.2) is 79.3 Å². The summed E-state index contributed by atoms with van der Waals surface area (Å²) >= 11 is 0. The fraction of sp³-hybridized carbons (Fsp3) is 0.417. The van der Waals surface area contributed by atoms with E-state index in [1.54, 1.807) is 32.0 Å². The molecule has 3 aromatic rings. The summed E-state index contributed by atoms with van der Waals surface area (Å²) in [5, 5.41) is 10.6. The lowest BCUT2D eigenvalue weighted by molar-refractivity contribution is 0.0945. The van der Waals surface area contributed by atoms with Gasteiger partial charge in [0, 0.05) is 50.6 Å². The quantitative estimate of drug-likeness (QED) is 0.442. The average Bonchev–Trinajstić information content (AvgIpc) is 3.27. The summed E-state index contributed by atoms with van der Waals surface area (Å²) in [4.78, 5) is 24.1. The minimum Gasteiger partial charge on any atom is -0.497 e. The minimum atomic E-state index is -0.228. The van der Waals surface area contributed by atoms with Gasteiger partial charge in [0.05, 0.1) is 33.1 Å². The van der Waals surface area contributed by atoms with Crippen molar-refractivity contribution in [3.63, 3.8) is 0 Å². The zero-order valence-corrected chi connectivity index (χ0v) is 20.5. The number of morpholine rings is 1. The number of aryl methyl sites for hydroxylation is 2. The van der Waals surface area contributed by atoms with Crippen LogP contribution in [0.1, 0.15) is 16.2 Å². The summed E-state index contributed by atoms with van der Waals surface area (Å²) in [6.45, 7) is 5.81. The largest absolute Gasteiger partial charge is 0.497 e. The molecule has 11 nitrogen and oxygen atoms in total. The Morgan fingerprint density at radius 1 is 1.09 bits per heavy atom. The number of anilines is 2. The predicted octanol–water partition coefficient (Wildman–Crippen LogP) is 1.88. The van der Waals surface area contributed by atoms with Gasteiger partial charge in [0.25, 0.3) is 5.91 Å². The summed E-state index contributed by atoms with van der Waals surface area (Å²) in [7, 11) is 4.93. The minimum absolute atomic E-state index is 0.228. The molecule has 186 valence electrons. The first-order valence-corrected chi connectivity index (χ1v) is 11.5. The van der Waals surface area contributed by atoms with E-state index in [1.807, 2.05) is 31.2 Å². The molecule has 1 aliphatic heterocycles. The summed E-state index contributed by atoms with van der Waals surface area (Å²) < 4.78 is 17.7. The van der Waals surface area contributed by atoms with Crippen molar-refractivity contribution in [1.29, 1.82) is 0 Å². The van der Waals surface area contributed by atoms with Gasteiger partial charge in [0.1, 0.15) is 23.0 Å². The number of rotatable bonds is 9. The van der Waals surface area contributed by atoms with Crippen LogP contribution in [0.3, 0.4) is 0 Å². The molecule has 1 fully saturated rings. The second-order valence-electron chi connectivity index (χ2n) is 8.08. The number of amides is 1. The monoisotopic (exact) mass is 481 g/mol. The second kappa shape index (κ2) is 11.0. The highest BCUT2D eigenvalue weighted by molar-refractivity contribution is 5.94. The number of benzene rings is 1. The normalized spacial score (nSPS) is 13.4. The molecule has 0 saturated carbocycles. The number of hydrogen-bond donors (Lipinski definition) is 2. The van der Waals surface area contributed by atoms with Gasteiger partial charge in [0.15, 0.2) is 0 Å². The topological polar surface area (TPSA) is 116 Å². The van der Waals surface area contributed by atoms with Gasteiger partial charge in [-0.15, -0.1) is 0 Å². The third-order valence-electron chi connectivity index (χ3n) is 5.66. The molecule has 1 aromatic carbocycles. The lowest BCUT2D eigenvalue weighted by Gasteiger charge is -2.28. The highest BCUT2D eigenvalue weighted by Crippen LogP contribution is 2.32. The Morgan fingerprint density at radius 3 is 2.63 bits per heavy atom. The number of hydrogen-bond acceptors (Lipinski definition) is 9. The Balaban J connectivity index is 1.36. The molecule has 0 aliphatic carbocycles. The van der Waals surface area contributed by atoms with E-state index in [0.29, 0.717) is 55.1 Å². The van der Waals surface area contributed by atoms with Crippen LogP contribution in [0.2, 0.25) is 0 Å². The van der Waals surface area contributed by atoms with Crippen LogP contribution in [0, 0.1) is 6.92 Å². The van der Waals surface area contributed by atoms with Crippen LogP contribution in [0.5, 0.6) is 11.5 Å². The highest BCUT2D eigenvalue weighted by Gasteiger charge is 2.18. The van der Waals surface area contributed by atoms with Gasteiger partial charge in [-0.25, -0.2) is 4.98 Å². The van der Waals surface area contributed by atoms with Crippen molar-refractivity contribution < 1.29 is 19.0 Å². The van der Waals surface area contributed by atoms with E-state index in [1.165, 1.54) is 0 Å². The van der Waals surface area contributed by atoms with Crippen molar-refractivity contribution in [2.45, 2.75) is 6.92 Å². The second-order valence-corrected chi connectivity index (χ2v) is 8.08. The van der Waals surface area contributed by atoms with Crippen LogP contribution < -0.4 is 25.0 Å². The fourth-order valence-electron chi connectivity index (χ4n) is 3.85. The van der Waals surface area contributed by atoms with Gasteiger partial charge in [-0.2, -0.15) is 10.1 Å². The maximum absolute atomic E-state index is 12.8. The van der Waals surface area contributed by atoms with E-state index in [0.717, 1.165) is 30.2 Å². The van der Waals surface area contributed by atoms with Crippen LogP contribution in [0.25, 0.3) is 11.3 Å². The third kappa shape index (κ3) is 5.80. The molecule has 0 bridgehead atoms. The van der Waals surface area contributed by atoms with Gasteiger partial charge < -0.3 is 29.7 Å². The van der Waals surface area contributed by atoms with Gasteiger partial charge in [-0.3, -0.25) is 9.48 Å². The van der Waals surface area contributed by atoms with Crippen molar-refractivity contribution >= 4 is 17.7 Å². The Bertz CT molecular complexity index is 1170. The maximum Gasteiger partial charge on any atom is 0.269 e. The molecule has 4 rings (SSSR count). The first kappa shape index (κ1) is 24.3. The van der Waals surface area contributed by atoms with Gasteiger partial charge in [-0.1, -0.05) is 0 Å². The van der Waals surface area contributed by atoms with E-state index in [-0.39, 0.29) is 5.91 Å². The number of methoxy groups -OCH3 is 2. The molecule has 1 saturated heterocycles. The van der Waals surface area contributed by atoms with E-state index < -0.39 is 0 Å². The molecule has 0 unspecified atom stereocenters. The molecule has 1 amide bonds. The van der Waals surface area contributed by atoms with Crippen molar-refractivity contribution in [3.8, 4) is 22.8 Å². The molecule has 0 atom stereocenters. The van der Waals surface area contributed by atoms with Crippen LogP contribution in [0.15, 0.2) is 30.3 Å². The van der Waals surface area contributed by atoms with E-state index in [4.69, 9.17) is 14.2 Å². The van der Waals surface area contributed by atoms with Crippen molar-refractivity contribution in [2.75, 3.05) is 63.8 Å². The molecule has 2 N–H and O–H groups in total. The standard InChI is InChI=1S/C24H31N7O4/c1-16-13-22(31-9-11-35-12-10-31)28-24(27-16)26-8-7-25-23(32)20-15-19(29-30(20)2)18-14-17(33-3)5-6-21(18)34-4/h5-6,13-15H,7-12H2,1-4H3,(H,25,32)(H,26,27,28). The van der Waals surface area contributed by atoms with Gasteiger partial charge in [0.2, 0.25) is 5.95 Å². The molecule has 11 heteroatoms. The molecule has 3 heterocycles. The van der Waals surface area contributed by atoms with Crippen molar-refractivity contribution in [1.82, 2.24) is 25.1 Å². The van der Waals surface area contributed by atoms with Crippen molar-refractivity contribution in [2.24, 2.45) is 7.05 Å². The Labute approximate surface area is 204 Å². The molecule has 0 radical (unpaired) electrons.